The number of carbonyl (C=O) groups is 22. The van der Waals surface area contributed by atoms with Crippen LogP contribution in [0.1, 0.15) is 207 Å². The van der Waals surface area contributed by atoms with E-state index in [0.717, 1.165) is 220 Å². The van der Waals surface area contributed by atoms with E-state index in [2.05, 4.69) is 30.2 Å². The quantitative estimate of drug-likeness (QED) is 0.0304. The predicted molar refractivity (Wildman–Crippen MR) is 478 cm³/mol. The van der Waals surface area contributed by atoms with Crippen LogP contribution in [0.25, 0.3) is 0 Å². The predicted octanol–water partition coefficient (Wildman–Crippen LogP) is 3.68. The molecular formula is C91H133N11O33. The summed E-state index contributed by atoms with van der Waals surface area (Å²) >= 11 is 0. The molecule has 0 aromatic heterocycles. The van der Waals surface area contributed by atoms with E-state index in [1.54, 1.807) is 57.1 Å². The first kappa shape index (κ1) is 118. The molecule has 6 N–H and O–H groups in total. The van der Waals surface area contributed by atoms with Gasteiger partial charge in [-0.25, -0.2) is 52.7 Å². The molecule has 135 heavy (non-hydrogen) atoms. The van der Waals surface area contributed by atoms with Gasteiger partial charge in [-0.2, -0.15) is 0 Å². The van der Waals surface area contributed by atoms with Crippen LogP contribution in [0.2, 0.25) is 0 Å². The second kappa shape index (κ2) is 69.4. The SMILES string of the molecule is CC(NC(=O)C=CC(=O)OC(C)N1CCCC1=O)N1CCCC1=O.CC(OC(=O)C=CC(=O)O)N1CCCCCC1=O.COC(=O)C=CC(=O)NCCN1CCCCCC1=O.COC(=O)C=CC(=O)OC(C)N1CCCCCC1=O.COC(=O)C=CC(=O)OCCN1CCCCCC1=O.O=C(O)C=CC(=O)NCCN1CCCCCC1=O.O=C(O)C=CC(=O)OCCN1CCCCCC1=O. The standard InChI is InChI=1S/C16H23N3O5.C13H20N2O4.2C13H19NO5.C12H18N2O4.2C12H17NO5/c1-11(18-9-3-5-14(18)21)17-13(20)7-8-16(23)24-12(2)19-10-4-6-15(19)22;1-19-13(18)7-6-11(16)14-8-10-15-9-4-2-3-5-12(15)17;1-10(14-9-5-3-4-6-11(14)15)19-13(17)8-7-12(16)18-2;1-18-12(16)6-7-13(17)19-10-9-14-8-4-2-3-5-11(14)15;15-10(5-6-12(17)18)13-7-9-14-8-3-1-2-4-11(14)16;1-9(18-12(17)7-6-11(15)16)13-8-4-2-3-5-10(13)14;14-10-4-2-1-3-7-13(10)8-9-18-12(17)6-5-11(15)16/h7-8,11-12H,3-6,9-10H2,1-2H3,(H,17,20);6-7H,2-5,8-10H2,1H3,(H,14,16);7-8,10H,3-6,9H2,1-2H3;6-7H,2-5,8-10H2,1H3;5-6H,1-4,7-9H2,(H,13,15)(H,17,18);6-7,9H,2-5,8H2,1H3,(H,15,16);5-6H,1-4,7-9H2,(H,15,16). The third-order valence-electron chi connectivity index (χ3n) is 20.9. The smallest absolute Gasteiger partial charge is 0.332 e. The van der Waals surface area contributed by atoms with E-state index in [1.807, 2.05) is 0 Å². The zero-order valence-corrected chi connectivity index (χ0v) is 78.2. The fourth-order valence-electron chi connectivity index (χ4n) is 13.7. The lowest BCUT2D eigenvalue weighted by molar-refractivity contribution is -0.160. The Morgan fingerprint density at radius 2 is 0.511 bits per heavy atom. The van der Waals surface area contributed by atoms with Crippen molar-refractivity contribution in [3.05, 3.63) is 85.1 Å². The van der Waals surface area contributed by atoms with Crippen molar-refractivity contribution in [2.45, 2.75) is 232 Å². The van der Waals surface area contributed by atoms with Gasteiger partial charge in [0.25, 0.3) is 0 Å². The topological polar surface area (TPSA) is 572 Å². The number of nitrogens with one attached hydrogen (secondary N) is 3. The van der Waals surface area contributed by atoms with Gasteiger partial charge in [-0.1, -0.05) is 38.5 Å². The van der Waals surface area contributed by atoms with Crippen LogP contribution < -0.4 is 16.0 Å². The molecule has 0 aromatic rings. The molecule has 8 fully saturated rings. The van der Waals surface area contributed by atoms with E-state index in [-0.39, 0.29) is 66.4 Å². The minimum Gasteiger partial charge on any atom is -0.478 e. The molecule has 750 valence electrons. The van der Waals surface area contributed by atoms with Crippen LogP contribution in [-0.4, -0.2) is 336 Å². The van der Waals surface area contributed by atoms with Crippen LogP contribution in [0.15, 0.2) is 85.1 Å². The number of carboxylic acids is 3. The summed E-state index contributed by atoms with van der Waals surface area (Å²) in [5.41, 5.74) is 0. The second-order valence-corrected chi connectivity index (χ2v) is 31.1. The average molecular weight is 1910 g/mol. The van der Waals surface area contributed by atoms with E-state index in [4.69, 9.17) is 39.0 Å². The molecule has 8 heterocycles. The number of amides is 11. The number of hydrogen-bond donors (Lipinski definition) is 6. The maximum atomic E-state index is 11.8. The Kier molecular flexibility index (Phi) is 60.4. The second-order valence-electron chi connectivity index (χ2n) is 31.1. The van der Waals surface area contributed by atoms with Crippen molar-refractivity contribution in [1.82, 2.24) is 55.1 Å². The Hall–Kier alpha value is -13.5. The minimum absolute atomic E-state index is 0.00486. The largest absolute Gasteiger partial charge is 0.478 e. The number of hydrogen-bond acceptors (Lipinski definition) is 30. The van der Waals surface area contributed by atoms with Crippen LogP contribution in [0.4, 0.5) is 0 Å². The molecule has 44 nitrogen and oxygen atoms in total. The normalized spacial score (nSPS) is 17.7. The third kappa shape index (κ3) is 55.0. The fraction of sp³-hybridized carbons (Fsp3) is 0.604. The summed E-state index contributed by atoms with van der Waals surface area (Å²) in [6, 6.07) is 0. The molecule has 0 aromatic carbocycles. The summed E-state index contributed by atoms with van der Waals surface area (Å²) in [5, 5.41) is 32.8. The van der Waals surface area contributed by atoms with Crippen LogP contribution in [0, 0.1) is 0 Å². The number of carboxylic acid groups (broad SMARTS) is 3. The van der Waals surface area contributed by atoms with E-state index < -0.39 is 102 Å². The number of esters is 8. The highest BCUT2D eigenvalue weighted by atomic mass is 16.6. The van der Waals surface area contributed by atoms with Gasteiger partial charge in [-0.05, 0) is 118 Å². The van der Waals surface area contributed by atoms with Crippen molar-refractivity contribution < 1.29 is 159 Å². The number of nitrogens with zero attached hydrogens (tertiary/aromatic N) is 8. The molecule has 0 saturated carbocycles. The zero-order valence-electron chi connectivity index (χ0n) is 78.2. The van der Waals surface area contributed by atoms with Gasteiger partial charge in [0.2, 0.25) is 65.0 Å². The maximum absolute atomic E-state index is 11.8. The summed E-state index contributed by atoms with van der Waals surface area (Å²) in [4.78, 5) is 260. The molecule has 44 heteroatoms. The van der Waals surface area contributed by atoms with Crippen LogP contribution >= 0.6 is 0 Å². The summed E-state index contributed by atoms with van der Waals surface area (Å²) in [6.07, 6.45) is 34.0. The Bertz CT molecular complexity index is 3990. The van der Waals surface area contributed by atoms with Gasteiger partial charge in [-0.3, -0.25) is 52.7 Å². The number of ether oxygens (including phenoxy) is 8. The molecular weight excluding hydrogens is 1780 g/mol. The van der Waals surface area contributed by atoms with Crippen LogP contribution in [-0.2, 0) is 143 Å². The molecule has 8 aliphatic rings. The Morgan fingerprint density at radius 1 is 0.274 bits per heavy atom. The first-order valence-corrected chi connectivity index (χ1v) is 45.2. The van der Waals surface area contributed by atoms with Crippen LogP contribution in [0.3, 0.4) is 0 Å². The molecule has 8 rings (SSSR count). The van der Waals surface area contributed by atoms with Crippen molar-refractivity contribution in [2.24, 2.45) is 0 Å². The van der Waals surface area contributed by atoms with Gasteiger partial charge >= 0.3 is 65.7 Å². The highest BCUT2D eigenvalue weighted by Crippen LogP contribution is 2.20. The molecule has 0 radical (unpaired) electrons. The van der Waals surface area contributed by atoms with Crippen LogP contribution in [0.5, 0.6) is 0 Å². The van der Waals surface area contributed by atoms with E-state index >= 15 is 0 Å². The first-order chi connectivity index (χ1) is 64.4. The molecule has 4 unspecified atom stereocenters. The molecule has 0 bridgehead atoms. The molecule has 0 spiro atoms. The van der Waals surface area contributed by atoms with E-state index in [0.29, 0.717) is 136 Å². The summed E-state index contributed by atoms with van der Waals surface area (Å²) in [6.45, 7) is 14.5. The molecule has 11 amide bonds. The third-order valence-corrected chi connectivity index (χ3v) is 20.9. The van der Waals surface area contributed by atoms with Crippen molar-refractivity contribution in [2.75, 3.05) is 126 Å². The van der Waals surface area contributed by atoms with Gasteiger partial charge in [0.1, 0.15) is 19.4 Å². The Labute approximate surface area is 784 Å². The molecule has 8 aliphatic heterocycles. The van der Waals surface area contributed by atoms with Gasteiger partial charge in [0.15, 0.2) is 18.7 Å². The fourth-order valence-corrected chi connectivity index (χ4v) is 13.7. The Balaban J connectivity index is 0.000000534. The van der Waals surface area contributed by atoms with E-state index in [9.17, 15) is 105 Å². The van der Waals surface area contributed by atoms with Crippen molar-refractivity contribution in [1.29, 1.82) is 0 Å². The number of methoxy groups -OCH3 is 3. The minimum atomic E-state index is -1.22. The zero-order chi connectivity index (χ0) is 100. The van der Waals surface area contributed by atoms with Crippen molar-refractivity contribution >= 4 is 131 Å². The lowest BCUT2D eigenvalue weighted by atomic mass is 10.2. The number of rotatable bonds is 34. The molecule has 8 saturated heterocycles. The first-order valence-electron chi connectivity index (χ1n) is 45.2. The summed E-state index contributed by atoms with van der Waals surface area (Å²) in [7, 11) is 3.69. The lowest BCUT2D eigenvalue weighted by Gasteiger charge is -2.27. The lowest BCUT2D eigenvalue weighted by Crippen LogP contribution is -2.46. The molecule has 0 aliphatic carbocycles. The highest BCUT2D eigenvalue weighted by molar-refractivity contribution is 5.97. The van der Waals surface area contributed by atoms with Gasteiger partial charge < -0.3 is 108 Å². The number of carbonyl (C=O) groups excluding carboxylic acids is 19. The average Bonchev–Trinajstić information content (AvgIpc) is 1.77. The number of likely N-dealkylation sites (tertiary alicyclic amines) is 8. The molecule has 4 atom stereocenters. The van der Waals surface area contributed by atoms with E-state index in [1.165, 1.54) is 31.1 Å². The monoisotopic (exact) mass is 1910 g/mol. The van der Waals surface area contributed by atoms with Crippen molar-refractivity contribution in [3.8, 4) is 0 Å². The van der Waals surface area contributed by atoms with Gasteiger partial charge in [0, 0.05) is 215 Å². The summed E-state index contributed by atoms with van der Waals surface area (Å²) < 4.78 is 37.9. The maximum Gasteiger partial charge on any atom is 0.332 e. The number of aliphatic carboxylic acids is 3. The highest BCUT2D eigenvalue weighted by Gasteiger charge is 2.31. The van der Waals surface area contributed by atoms with Gasteiger partial charge in [-0.15, -0.1) is 0 Å². The summed E-state index contributed by atoms with van der Waals surface area (Å²) in [5.74, 6) is -9.74. The van der Waals surface area contributed by atoms with Crippen molar-refractivity contribution in [3.63, 3.8) is 0 Å². The Morgan fingerprint density at radius 3 is 0.830 bits per heavy atom. The van der Waals surface area contributed by atoms with Gasteiger partial charge in [0.05, 0.1) is 34.4 Å².